The number of alkyl halides is 1. The van der Waals surface area contributed by atoms with Crippen molar-refractivity contribution < 1.29 is 23.8 Å². The largest absolute Gasteiger partial charge is 0.465 e. The zero-order valence-corrected chi connectivity index (χ0v) is 9.99. The third-order valence-electron chi connectivity index (χ3n) is 2.31. The molecule has 0 aliphatic carbocycles. The molecule has 0 radical (unpaired) electrons. The van der Waals surface area contributed by atoms with Crippen LogP contribution < -0.4 is 5.32 Å². The summed E-state index contributed by atoms with van der Waals surface area (Å²) >= 11 is 5.43. The monoisotopic (exact) mass is 279 g/mol. The van der Waals surface area contributed by atoms with E-state index in [0.717, 1.165) is 12.1 Å². The van der Waals surface area contributed by atoms with E-state index in [1.54, 1.807) is 0 Å². The lowest BCUT2D eigenvalue weighted by atomic mass is 10.0. The van der Waals surface area contributed by atoms with Gasteiger partial charge >= 0.3 is 6.09 Å². The molecule has 0 bridgehead atoms. The summed E-state index contributed by atoms with van der Waals surface area (Å²) in [6.45, 7) is 0. The Hall–Kier alpha value is -1.40. The van der Waals surface area contributed by atoms with Gasteiger partial charge in [-0.05, 0) is 24.1 Å². The Morgan fingerprint density at radius 1 is 1.33 bits per heavy atom. The van der Waals surface area contributed by atoms with Crippen molar-refractivity contribution >= 4 is 17.7 Å². The van der Waals surface area contributed by atoms with Gasteiger partial charge in [0.25, 0.3) is 0 Å². The van der Waals surface area contributed by atoms with Gasteiger partial charge in [0.05, 0.1) is 18.0 Å². The van der Waals surface area contributed by atoms with Crippen LogP contribution in [0.5, 0.6) is 0 Å². The Labute approximate surface area is 107 Å². The van der Waals surface area contributed by atoms with Crippen molar-refractivity contribution in [2.24, 2.45) is 0 Å². The zero-order chi connectivity index (χ0) is 13.7. The predicted octanol–water partition coefficient (Wildman–Crippen LogP) is 1.74. The maximum Gasteiger partial charge on any atom is 0.404 e. The Kier molecular flexibility index (Phi) is 5.30. The molecule has 0 unspecified atom stereocenters. The van der Waals surface area contributed by atoms with E-state index in [4.69, 9.17) is 16.7 Å². The number of halogens is 3. The molecule has 0 aromatic heterocycles. The van der Waals surface area contributed by atoms with Gasteiger partial charge in [-0.25, -0.2) is 13.6 Å². The van der Waals surface area contributed by atoms with Crippen LogP contribution in [0, 0.1) is 11.6 Å². The molecule has 100 valence electrons. The smallest absolute Gasteiger partial charge is 0.404 e. The lowest BCUT2D eigenvalue weighted by Crippen LogP contribution is -2.45. The topological polar surface area (TPSA) is 69.6 Å². The molecule has 0 saturated heterocycles. The standard InChI is InChI=1S/C11H12ClF2NO3/c12-5-10(16)9(15-11(17)18)3-6-1-7(13)4-8(14)2-6/h1-2,4,9-10,15-16H,3,5H2,(H,17,18)/t9-,10+/m0/s1. The number of amides is 1. The molecule has 0 aliphatic heterocycles. The molecule has 0 fully saturated rings. The molecule has 0 spiro atoms. The van der Waals surface area contributed by atoms with Gasteiger partial charge in [0.1, 0.15) is 11.6 Å². The first-order chi connectivity index (χ1) is 8.42. The summed E-state index contributed by atoms with van der Waals surface area (Å²) in [6, 6.07) is 1.92. The Bertz CT molecular complexity index is 410. The molecular weight excluding hydrogens is 268 g/mol. The summed E-state index contributed by atoms with van der Waals surface area (Å²) in [5, 5.41) is 20.2. The number of rotatable bonds is 5. The molecule has 0 aliphatic rings. The van der Waals surface area contributed by atoms with Crippen molar-refractivity contribution in [3.63, 3.8) is 0 Å². The summed E-state index contributed by atoms with van der Waals surface area (Å²) in [5.74, 6) is -1.72. The average Bonchev–Trinajstić information content (AvgIpc) is 2.25. The van der Waals surface area contributed by atoms with Crippen LogP contribution in [-0.2, 0) is 6.42 Å². The van der Waals surface area contributed by atoms with Crippen molar-refractivity contribution in [3.8, 4) is 0 Å². The van der Waals surface area contributed by atoms with E-state index in [0.29, 0.717) is 6.07 Å². The zero-order valence-electron chi connectivity index (χ0n) is 9.24. The lowest BCUT2D eigenvalue weighted by Gasteiger charge is -2.21. The first-order valence-corrected chi connectivity index (χ1v) is 5.64. The summed E-state index contributed by atoms with van der Waals surface area (Å²) in [4.78, 5) is 10.5. The number of benzene rings is 1. The van der Waals surface area contributed by atoms with E-state index in [-0.39, 0.29) is 17.9 Å². The van der Waals surface area contributed by atoms with Crippen LogP contribution in [0.2, 0.25) is 0 Å². The fraction of sp³-hybridized carbons (Fsp3) is 0.364. The van der Waals surface area contributed by atoms with Gasteiger partial charge in [0.2, 0.25) is 0 Å². The first-order valence-electron chi connectivity index (χ1n) is 5.11. The number of carboxylic acid groups (broad SMARTS) is 1. The molecule has 1 aromatic carbocycles. The van der Waals surface area contributed by atoms with Crippen LogP contribution in [0.25, 0.3) is 0 Å². The Morgan fingerprint density at radius 2 is 1.89 bits per heavy atom. The van der Waals surface area contributed by atoms with Gasteiger partial charge in [-0.1, -0.05) is 0 Å². The second-order valence-corrected chi connectivity index (χ2v) is 4.07. The highest BCUT2D eigenvalue weighted by molar-refractivity contribution is 6.18. The van der Waals surface area contributed by atoms with Crippen LogP contribution in [0.3, 0.4) is 0 Å². The van der Waals surface area contributed by atoms with Crippen molar-refractivity contribution in [3.05, 3.63) is 35.4 Å². The molecule has 2 atom stereocenters. The predicted molar refractivity (Wildman–Crippen MR) is 61.7 cm³/mol. The SMILES string of the molecule is O=C(O)N[C@@H](Cc1cc(F)cc(F)c1)[C@H](O)CCl. The molecule has 0 saturated carbocycles. The second-order valence-electron chi connectivity index (χ2n) is 3.76. The summed E-state index contributed by atoms with van der Waals surface area (Å²) in [7, 11) is 0. The molecular formula is C11H12ClF2NO3. The quantitative estimate of drug-likeness (QED) is 0.719. The van der Waals surface area contributed by atoms with E-state index >= 15 is 0 Å². The van der Waals surface area contributed by atoms with Crippen LogP contribution in [0.1, 0.15) is 5.56 Å². The molecule has 7 heteroatoms. The van der Waals surface area contributed by atoms with Crippen molar-refractivity contribution in [2.75, 3.05) is 5.88 Å². The Balaban J connectivity index is 2.84. The third-order valence-corrected chi connectivity index (χ3v) is 2.63. The Morgan fingerprint density at radius 3 is 2.33 bits per heavy atom. The fourth-order valence-corrected chi connectivity index (χ4v) is 1.75. The van der Waals surface area contributed by atoms with Gasteiger partial charge in [-0.3, -0.25) is 0 Å². The van der Waals surface area contributed by atoms with Crippen molar-refractivity contribution in [2.45, 2.75) is 18.6 Å². The highest BCUT2D eigenvalue weighted by Gasteiger charge is 2.21. The van der Waals surface area contributed by atoms with Gasteiger partial charge in [0.15, 0.2) is 0 Å². The van der Waals surface area contributed by atoms with Gasteiger partial charge < -0.3 is 15.5 Å². The summed E-state index contributed by atoms with van der Waals surface area (Å²) in [6.07, 6.45) is -2.55. The molecule has 1 aromatic rings. The number of hydrogen-bond donors (Lipinski definition) is 3. The highest BCUT2D eigenvalue weighted by atomic mass is 35.5. The van der Waals surface area contributed by atoms with Gasteiger partial charge in [-0.15, -0.1) is 11.6 Å². The number of hydrogen-bond acceptors (Lipinski definition) is 2. The average molecular weight is 280 g/mol. The summed E-state index contributed by atoms with van der Waals surface area (Å²) in [5.41, 5.74) is 0.232. The van der Waals surface area contributed by atoms with Crippen LogP contribution in [-0.4, -0.2) is 34.3 Å². The van der Waals surface area contributed by atoms with Gasteiger partial charge in [0, 0.05) is 6.07 Å². The van der Waals surface area contributed by atoms with Gasteiger partial charge in [-0.2, -0.15) is 0 Å². The number of nitrogens with one attached hydrogen (secondary N) is 1. The second kappa shape index (κ2) is 6.51. The lowest BCUT2D eigenvalue weighted by molar-refractivity contribution is 0.135. The van der Waals surface area contributed by atoms with E-state index < -0.39 is 29.9 Å². The third kappa shape index (κ3) is 4.46. The highest BCUT2D eigenvalue weighted by Crippen LogP contribution is 2.12. The molecule has 18 heavy (non-hydrogen) atoms. The molecule has 0 heterocycles. The fourth-order valence-electron chi connectivity index (χ4n) is 1.53. The minimum Gasteiger partial charge on any atom is -0.465 e. The summed E-state index contributed by atoms with van der Waals surface area (Å²) < 4.78 is 25.9. The van der Waals surface area contributed by atoms with E-state index in [2.05, 4.69) is 5.32 Å². The number of aliphatic hydroxyl groups excluding tert-OH is 1. The van der Waals surface area contributed by atoms with Crippen molar-refractivity contribution in [1.29, 1.82) is 0 Å². The minimum atomic E-state index is -1.35. The van der Waals surface area contributed by atoms with E-state index in [9.17, 15) is 18.7 Å². The first kappa shape index (κ1) is 14.7. The number of aliphatic hydroxyl groups is 1. The maximum absolute atomic E-state index is 13.0. The number of carbonyl (C=O) groups is 1. The molecule has 4 nitrogen and oxygen atoms in total. The van der Waals surface area contributed by atoms with Crippen LogP contribution in [0.15, 0.2) is 18.2 Å². The normalized spacial score (nSPS) is 14.0. The van der Waals surface area contributed by atoms with E-state index in [1.165, 1.54) is 0 Å². The van der Waals surface area contributed by atoms with Crippen LogP contribution >= 0.6 is 11.6 Å². The van der Waals surface area contributed by atoms with Crippen molar-refractivity contribution in [1.82, 2.24) is 5.32 Å². The molecule has 1 amide bonds. The van der Waals surface area contributed by atoms with Crippen LogP contribution in [0.4, 0.5) is 13.6 Å². The minimum absolute atomic E-state index is 0.0606. The maximum atomic E-state index is 13.0. The molecule has 3 N–H and O–H groups in total. The van der Waals surface area contributed by atoms with E-state index in [1.807, 2.05) is 0 Å². The molecule has 1 rings (SSSR count).